The number of anilines is 1. The molecule has 0 aliphatic heterocycles. The minimum absolute atomic E-state index is 0.0199. The van der Waals surface area contributed by atoms with Crippen LogP contribution in [-0.4, -0.2) is 43.8 Å². The first-order valence-corrected chi connectivity index (χ1v) is 16.0. The third kappa shape index (κ3) is 7.95. The summed E-state index contributed by atoms with van der Waals surface area (Å²) < 4.78 is 28.6. The van der Waals surface area contributed by atoms with Crippen LogP contribution in [0.3, 0.4) is 0 Å². The summed E-state index contributed by atoms with van der Waals surface area (Å²) >= 11 is 18.6. The van der Waals surface area contributed by atoms with Crippen molar-refractivity contribution in [1.82, 2.24) is 10.2 Å². The van der Waals surface area contributed by atoms with E-state index in [1.165, 1.54) is 29.2 Å². The van der Waals surface area contributed by atoms with Crippen molar-refractivity contribution in [3.05, 3.63) is 93.4 Å². The first-order valence-electron chi connectivity index (χ1n) is 13.4. The maximum absolute atomic E-state index is 14.0. The molecule has 0 radical (unpaired) electrons. The summed E-state index contributed by atoms with van der Waals surface area (Å²) in [5.74, 6) is -0.879. The molecule has 11 heteroatoms. The molecule has 218 valence electrons. The standard InChI is InChI=1S/C30H32Cl3N3O4S/c1-21(30(38)34-25-8-4-2-5-9-25)35(19-22-12-13-24(32)18-28(22)33)29(37)20-36(26-16-14-23(31)15-17-26)41(39,40)27-10-6-3-7-11-27/h3,6-7,10-18,21,25H,2,4-5,8-9,19-20H2,1H3,(H,34,38)/t21-/m1/s1. The number of carbonyl (C=O) groups is 2. The third-order valence-electron chi connectivity index (χ3n) is 7.20. The smallest absolute Gasteiger partial charge is 0.264 e. The molecule has 3 aromatic carbocycles. The molecule has 1 aliphatic carbocycles. The van der Waals surface area contributed by atoms with Gasteiger partial charge in [-0.25, -0.2) is 8.42 Å². The van der Waals surface area contributed by atoms with E-state index in [1.807, 2.05) is 0 Å². The van der Waals surface area contributed by atoms with E-state index >= 15 is 0 Å². The van der Waals surface area contributed by atoms with Gasteiger partial charge < -0.3 is 10.2 Å². The number of sulfonamides is 1. The molecule has 1 aliphatic rings. The fraction of sp³-hybridized carbons (Fsp3) is 0.333. The van der Waals surface area contributed by atoms with Crippen molar-refractivity contribution in [3.63, 3.8) is 0 Å². The lowest BCUT2D eigenvalue weighted by Gasteiger charge is -2.33. The van der Waals surface area contributed by atoms with E-state index in [0.717, 1.165) is 36.4 Å². The molecule has 0 bridgehead atoms. The molecule has 7 nitrogen and oxygen atoms in total. The van der Waals surface area contributed by atoms with Crippen LogP contribution in [0.2, 0.25) is 15.1 Å². The largest absolute Gasteiger partial charge is 0.352 e. The van der Waals surface area contributed by atoms with Crippen LogP contribution in [-0.2, 0) is 26.2 Å². The summed E-state index contributed by atoms with van der Waals surface area (Å²) in [7, 11) is -4.15. The van der Waals surface area contributed by atoms with Gasteiger partial charge in [0, 0.05) is 27.7 Å². The zero-order chi connectivity index (χ0) is 29.6. The fourth-order valence-corrected chi connectivity index (χ4v) is 6.87. The second-order valence-corrected chi connectivity index (χ2v) is 13.2. The molecule has 4 rings (SSSR count). The van der Waals surface area contributed by atoms with Gasteiger partial charge in [0.2, 0.25) is 11.8 Å². The summed E-state index contributed by atoms with van der Waals surface area (Å²) in [6.45, 7) is 1.07. The Morgan fingerprint density at radius 1 is 0.902 bits per heavy atom. The summed E-state index contributed by atoms with van der Waals surface area (Å²) in [4.78, 5) is 28.8. The lowest BCUT2D eigenvalue weighted by molar-refractivity contribution is -0.139. The van der Waals surface area contributed by atoms with Crippen molar-refractivity contribution in [2.45, 2.75) is 62.6 Å². The molecule has 3 aromatic rings. The summed E-state index contributed by atoms with van der Waals surface area (Å²) in [6, 6.07) is 18.1. The minimum Gasteiger partial charge on any atom is -0.352 e. The van der Waals surface area contributed by atoms with Gasteiger partial charge in [-0.15, -0.1) is 0 Å². The maximum atomic E-state index is 14.0. The van der Waals surface area contributed by atoms with E-state index in [9.17, 15) is 18.0 Å². The van der Waals surface area contributed by atoms with Crippen molar-refractivity contribution in [2.24, 2.45) is 0 Å². The first kappa shape index (κ1) is 31.2. The van der Waals surface area contributed by atoms with E-state index < -0.39 is 28.5 Å². The molecule has 41 heavy (non-hydrogen) atoms. The predicted octanol–water partition coefficient (Wildman–Crippen LogP) is 6.71. The number of amides is 2. The fourth-order valence-electron chi connectivity index (χ4n) is 4.84. The third-order valence-corrected chi connectivity index (χ3v) is 9.83. The Kier molecular flexibility index (Phi) is 10.6. The van der Waals surface area contributed by atoms with Crippen molar-refractivity contribution < 1.29 is 18.0 Å². The van der Waals surface area contributed by atoms with Gasteiger partial charge >= 0.3 is 0 Å². The number of rotatable bonds is 10. The monoisotopic (exact) mass is 635 g/mol. The van der Waals surface area contributed by atoms with Gasteiger partial charge in [0.1, 0.15) is 12.6 Å². The average molecular weight is 637 g/mol. The van der Waals surface area contributed by atoms with Crippen molar-refractivity contribution in [2.75, 3.05) is 10.8 Å². The normalized spacial score (nSPS) is 14.7. The number of benzene rings is 3. The van der Waals surface area contributed by atoms with Crippen molar-refractivity contribution in [1.29, 1.82) is 0 Å². The number of nitrogens with one attached hydrogen (secondary N) is 1. The van der Waals surface area contributed by atoms with Gasteiger partial charge in [-0.3, -0.25) is 13.9 Å². The van der Waals surface area contributed by atoms with Crippen molar-refractivity contribution >= 4 is 62.3 Å². The molecule has 0 aromatic heterocycles. The Labute approximate surface area is 256 Å². The zero-order valence-corrected chi connectivity index (χ0v) is 25.7. The van der Waals surface area contributed by atoms with Gasteiger partial charge in [-0.05, 0) is 73.9 Å². The van der Waals surface area contributed by atoms with E-state index in [1.54, 1.807) is 55.5 Å². The maximum Gasteiger partial charge on any atom is 0.264 e. The van der Waals surface area contributed by atoms with Crippen molar-refractivity contribution in [3.8, 4) is 0 Å². The van der Waals surface area contributed by atoms with Gasteiger partial charge in [-0.2, -0.15) is 0 Å². The Hall–Kier alpha value is -2.78. The average Bonchev–Trinajstić information content (AvgIpc) is 2.96. The molecule has 0 saturated heterocycles. The van der Waals surface area contributed by atoms with Crippen LogP contribution in [0.4, 0.5) is 5.69 Å². The van der Waals surface area contributed by atoms with Gasteiger partial charge in [0.15, 0.2) is 0 Å². The molecular weight excluding hydrogens is 605 g/mol. The van der Waals surface area contributed by atoms with Gasteiger partial charge in [0.05, 0.1) is 10.6 Å². The number of halogens is 3. The topological polar surface area (TPSA) is 86.8 Å². The highest BCUT2D eigenvalue weighted by Gasteiger charge is 2.33. The molecule has 2 amide bonds. The molecule has 0 heterocycles. The van der Waals surface area contributed by atoms with Crippen LogP contribution in [0.25, 0.3) is 0 Å². The lowest BCUT2D eigenvalue weighted by Crippen LogP contribution is -2.53. The van der Waals surface area contributed by atoms with Crippen LogP contribution >= 0.6 is 34.8 Å². The Bertz CT molecular complexity index is 1460. The zero-order valence-electron chi connectivity index (χ0n) is 22.6. The molecule has 0 unspecified atom stereocenters. The number of carbonyl (C=O) groups excluding carboxylic acids is 2. The molecule has 1 atom stereocenters. The Balaban J connectivity index is 1.68. The highest BCUT2D eigenvalue weighted by molar-refractivity contribution is 7.92. The van der Waals surface area contributed by atoms with Crippen LogP contribution in [0.1, 0.15) is 44.6 Å². The quantitative estimate of drug-likeness (QED) is 0.268. The molecule has 0 spiro atoms. The van der Waals surface area contributed by atoms with Crippen LogP contribution < -0.4 is 9.62 Å². The number of nitrogens with zero attached hydrogens (tertiary/aromatic N) is 2. The summed E-state index contributed by atoms with van der Waals surface area (Å²) in [5.41, 5.74) is 0.834. The van der Waals surface area contributed by atoms with Crippen LogP contribution in [0.15, 0.2) is 77.7 Å². The first-order chi connectivity index (χ1) is 19.6. The predicted molar refractivity (Wildman–Crippen MR) is 164 cm³/mol. The summed E-state index contributed by atoms with van der Waals surface area (Å²) in [5, 5.41) is 4.27. The second-order valence-electron chi connectivity index (χ2n) is 10.1. The van der Waals surface area contributed by atoms with E-state index in [2.05, 4.69) is 5.32 Å². The highest BCUT2D eigenvalue weighted by Crippen LogP contribution is 2.27. The molecule has 1 fully saturated rings. The molecular formula is C30H32Cl3N3O4S. The molecule has 1 N–H and O–H groups in total. The Morgan fingerprint density at radius 2 is 1.54 bits per heavy atom. The van der Waals surface area contributed by atoms with Crippen LogP contribution in [0.5, 0.6) is 0 Å². The van der Waals surface area contributed by atoms with Gasteiger partial charge in [0.25, 0.3) is 10.0 Å². The Morgan fingerprint density at radius 3 is 2.17 bits per heavy atom. The van der Waals surface area contributed by atoms with E-state index in [4.69, 9.17) is 34.8 Å². The highest BCUT2D eigenvalue weighted by atomic mass is 35.5. The van der Waals surface area contributed by atoms with Gasteiger partial charge in [-0.1, -0.05) is 78.3 Å². The SMILES string of the molecule is C[C@H](C(=O)NC1CCCCC1)N(Cc1ccc(Cl)cc1Cl)C(=O)CN(c1ccc(Cl)cc1)S(=O)(=O)c1ccccc1. The van der Waals surface area contributed by atoms with E-state index in [-0.39, 0.29) is 29.1 Å². The molecule has 1 saturated carbocycles. The number of hydrogen-bond donors (Lipinski definition) is 1. The second kappa shape index (κ2) is 13.9. The van der Waals surface area contributed by atoms with E-state index in [0.29, 0.717) is 20.6 Å². The lowest BCUT2D eigenvalue weighted by atomic mass is 9.95. The number of hydrogen-bond acceptors (Lipinski definition) is 4. The van der Waals surface area contributed by atoms with Crippen LogP contribution in [0, 0.1) is 0 Å². The summed E-state index contributed by atoms with van der Waals surface area (Å²) in [6.07, 6.45) is 4.98. The minimum atomic E-state index is -4.15.